The van der Waals surface area contributed by atoms with Crippen LogP contribution in [-0.4, -0.2) is 12.5 Å². The molecule has 0 aliphatic carbocycles. The Hall–Kier alpha value is -1.53. The molecule has 7 heteroatoms. The summed E-state index contributed by atoms with van der Waals surface area (Å²) in [6.45, 7) is -0.997. The molecule has 0 amide bonds. The molecular weight excluding hydrogens is 233 g/mol. The first-order valence-corrected chi connectivity index (χ1v) is 4.16. The highest BCUT2D eigenvalue weighted by Crippen LogP contribution is 2.29. The van der Waals surface area contributed by atoms with Crippen LogP contribution in [0.15, 0.2) is 18.2 Å². The van der Waals surface area contributed by atoms with Crippen LogP contribution in [0, 0.1) is 0 Å². The van der Waals surface area contributed by atoms with Crippen LogP contribution in [0.4, 0.5) is 27.6 Å². The minimum atomic E-state index is -4.61. The van der Waals surface area contributed by atoms with Gasteiger partial charge in [-0.3, -0.25) is 0 Å². The summed E-state index contributed by atoms with van der Waals surface area (Å²) < 4.78 is 64.6. The molecule has 0 saturated carbocycles. The summed E-state index contributed by atoms with van der Waals surface area (Å²) in [7, 11) is 0. The van der Waals surface area contributed by atoms with Crippen molar-refractivity contribution in [2.45, 2.75) is 19.2 Å². The molecule has 0 unspecified atom stereocenters. The average molecular weight is 241 g/mol. The second kappa shape index (κ2) is 4.54. The Morgan fingerprint density at radius 2 is 1.94 bits per heavy atom. The number of ether oxygens (including phenoxy) is 1. The number of alkyl halides is 5. The molecule has 0 bridgehead atoms. The molecule has 1 rings (SSSR count). The van der Waals surface area contributed by atoms with Crippen LogP contribution in [0.3, 0.4) is 0 Å². The Bertz CT molecular complexity index is 369. The second-order valence-electron chi connectivity index (χ2n) is 2.96. The van der Waals surface area contributed by atoms with Gasteiger partial charge in [-0.25, -0.2) is 4.39 Å². The molecular formula is C9H8F5NO. The summed E-state index contributed by atoms with van der Waals surface area (Å²) in [6.07, 6.45) is -8.57. The van der Waals surface area contributed by atoms with Gasteiger partial charge in [0.1, 0.15) is 12.4 Å². The van der Waals surface area contributed by atoms with Gasteiger partial charge >= 0.3 is 12.5 Å². The summed E-state index contributed by atoms with van der Waals surface area (Å²) in [4.78, 5) is 0. The molecule has 1 aromatic carbocycles. The fraction of sp³-hybridized carbons (Fsp3) is 0.333. The minimum Gasteiger partial charge on any atom is -0.428 e. The van der Waals surface area contributed by atoms with E-state index in [1.165, 1.54) is 0 Å². The molecule has 1 aromatic rings. The van der Waals surface area contributed by atoms with Gasteiger partial charge < -0.3 is 10.5 Å². The lowest BCUT2D eigenvalue weighted by atomic mass is 10.2. The maximum atomic E-state index is 12.5. The normalized spacial score (nSPS) is 11.9. The zero-order chi connectivity index (χ0) is 12.3. The first-order chi connectivity index (χ1) is 7.36. The van der Waals surface area contributed by atoms with Crippen LogP contribution in [0.1, 0.15) is 5.56 Å². The Kier molecular flexibility index (Phi) is 3.56. The fourth-order valence-electron chi connectivity index (χ4n) is 0.963. The Labute approximate surface area is 87.8 Å². The molecule has 16 heavy (non-hydrogen) atoms. The molecule has 2 nitrogen and oxygen atoms in total. The van der Waals surface area contributed by atoms with E-state index in [0.29, 0.717) is 0 Å². The maximum Gasteiger partial charge on any atom is 0.461 e. The predicted molar refractivity (Wildman–Crippen MR) is 47.2 cm³/mol. The summed E-state index contributed by atoms with van der Waals surface area (Å²) >= 11 is 0. The molecule has 0 heterocycles. The van der Waals surface area contributed by atoms with Crippen LogP contribution < -0.4 is 10.5 Å². The third kappa shape index (κ3) is 2.74. The van der Waals surface area contributed by atoms with Gasteiger partial charge in [-0.15, -0.1) is 0 Å². The molecule has 0 spiro atoms. The molecule has 0 saturated heterocycles. The summed E-state index contributed by atoms with van der Waals surface area (Å²) in [5.41, 5.74) is 5.23. The van der Waals surface area contributed by atoms with Crippen LogP contribution in [0.25, 0.3) is 0 Å². The molecule has 2 N–H and O–H groups in total. The van der Waals surface area contributed by atoms with Crippen LogP contribution >= 0.6 is 0 Å². The Balaban J connectivity index is 2.90. The van der Waals surface area contributed by atoms with Crippen molar-refractivity contribution in [1.29, 1.82) is 0 Å². The van der Waals surface area contributed by atoms with Gasteiger partial charge in [-0.1, -0.05) is 0 Å². The smallest absolute Gasteiger partial charge is 0.428 e. The molecule has 0 radical (unpaired) electrons. The fourth-order valence-corrected chi connectivity index (χ4v) is 0.963. The van der Waals surface area contributed by atoms with Crippen molar-refractivity contribution in [3.63, 3.8) is 0 Å². The Morgan fingerprint density at radius 3 is 2.44 bits per heavy atom. The van der Waals surface area contributed by atoms with Crippen molar-refractivity contribution in [3.05, 3.63) is 23.8 Å². The first kappa shape index (κ1) is 12.5. The maximum absolute atomic E-state index is 12.5. The van der Waals surface area contributed by atoms with Gasteiger partial charge in [0.25, 0.3) is 0 Å². The van der Waals surface area contributed by atoms with E-state index in [0.717, 1.165) is 18.2 Å². The lowest BCUT2D eigenvalue weighted by Crippen LogP contribution is -2.33. The van der Waals surface area contributed by atoms with Crippen LogP contribution in [0.5, 0.6) is 5.75 Å². The monoisotopic (exact) mass is 241 g/mol. The van der Waals surface area contributed by atoms with Gasteiger partial charge in [-0.2, -0.15) is 17.6 Å². The zero-order valence-corrected chi connectivity index (χ0v) is 7.89. The van der Waals surface area contributed by atoms with Gasteiger partial charge in [0, 0.05) is 11.3 Å². The third-order valence-electron chi connectivity index (χ3n) is 1.77. The second-order valence-corrected chi connectivity index (χ2v) is 2.96. The van der Waals surface area contributed by atoms with Crippen molar-refractivity contribution in [1.82, 2.24) is 0 Å². The third-order valence-corrected chi connectivity index (χ3v) is 1.77. The molecule has 0 fully saturated rings. The van der Waals surface area contributed by atoms with E-state index < -0.39 is 25.0 Å². The topological polar surface area (TPSA) is 35.2 Å². The average Bonchev–Trinajstić information content (AvgIpc) is 2.20. The number of halogens is 5. The molecule has 90 valence electrons. The lowest BCUT2D eigenvalue weighted by Gasteiger charge is -2.17. The SMILES string of the molecule is Nc1ccc(OC(F)(F)C(F)F)cc1CF. The highest BCUT2D eigenvalue weighted by Gasteiger charge is 2.43. The van der Waals surface area contributed by atoms with E-state index in [4.69, 9.17) is 5.73 Å². The predicted octanol–water partition coefficient (Wildman–Crippen LogP) is 2.98. The van der Waals surface area contributed by atoms with Gasteiger partial charge in [0.2, 0.25) is 0 Å². The van der Waals surface area contributed by atoms with E-state index in [1.807, 2.05) is 0 Å². The van der Waals surface area contributed by atoms with E-state index >= 15 is 0 Å². The highest BCUT2D eigenvalue weighted by atomic mass is 19.3. The number of rotatable bonds is 4. The number of anilines is 1. The van der Waals surface area contributed by atoms with Crippen LogP contribution in [0.2, 0.25) is 0 Å². The van der Waals surface area contributed by atoms with Crippen molar-refractivity contribution >= 4 is 5.69 Å². The van der Waals surface area contributed by atoms with Crippen LogP contribution in [-0.2, 0) is 6.67 Å². The highest BCUT2D eigenvalue weighted by molar-refractivity contribution is 5.50. The molecule has 0 atom stereocenters. The minimum absolute atomic E-state index is 0.0372. The van der Waals surface area contributed by atoms with Gasteiger partial charge in [0.15, 0.2) is 0 Å². The number of hydrogen-bond donors (Lipinski definition) is 1. The van der Waals surface area contributed by atoms with Crippen molar-refractivity contribution in [3.8, 4) is 5.75 Å². The molecule has 0 aliphatic heterocycles. The first-order valence-electron chi connectivity index (χ1n) is 4.16. The molecule has 0 aromatic heterocycles. The summed E-state index contributed by atoms with van der Waals surface area (Å²) in [5, 5.41) is 0. The summed E-state index contributed by atoms with van der Waals surface area (Å²) in [5.74, 6) is -0.563. The largest absolute Gasteiger partial charge is 0.461 e. The number of hydrogen-bond acceptors (Lipinski definition) is 2. The number of benzene rings is 1. The lowest BCUT2D eigenvalue weighted by molar-refractivity contribution is -0.253. The standard InChI is InChI=1S/C9H8F5NO/c10-4-5-3-6(1-2-7(5)15)16-9(13,14)8(11)12/h1-3,8H,4,15H2. The van der Waals surface area contributed by atoms with E-state index in [9.17, 15) is 22.0 Å². The van der Waals surface area contributed by atoms with Gasteiger partial charge in [0.05, 0.1) is 0 Å². The van der Waals surface area contributed by atoms with Crippen molar-refractivity contribution in [2.75, 3.05) is 5.73 Å². The quantitative estimate of drug-likeness (QED) is 0.649. The van der Waals surface area contributed by atoms with E-state index in [2.05, 4.69) is 4.74 Å². The Morgan fingerprint density at radius 1 is 1.31 bits per heavy atom. The van der Waals surface area contributed by atoms with E-state index in [1.54, 1.807) is 0 Å². The van der Waals surface area contributed by atoms with Crippen molar-refractivity contribution < 1.29 is 26.7 Å². The number of nitrogens with two attached hydrogens (primary N) is 1. The van der Waals surface area contributed by atoms with Gasteiger partial charge in [-0.05, 0) is 18.2 Å². The number of nitrogen functional groups attached to an aromatic ring is 1. The molecule has 0 aliphatic rings. The van der Waals surface area contributed by atoms with Crippen molar-refractivity contribution in [2.24, 2.45) is 0 Å². The zero-order valence-electron chi connectivity index (χ0n) is 7.89. The van der Waals surface area contributed by atoms with E-state index in [-0.39, 0.29) is 11.3 Å². The summed E-state index contributed by atoms with van der Waals surface area (Å²) in [6, 6.07) is 2.92.